The molecule has 2 atom stereocenters. The van der Waals surface area contributed by atoms with Gasteiger partial charge in [0.2, 0.25) is 11.8 Å². The van der Waals surface area contributed by atoms with Crippen molar-refractivity contribution < 1.29 is 9.59 Å². The lowest BCUT2D eigenvalue weighted by Gasteiger charge is -2.42. The Morgan fingerprint density at radius 3 is 2.76 bits per heavy atom. The summed E-state index contributed by atoms with van der Waals surface area (Å²) in [5.41, 5.74) is 2.91. The van der Waals surface area contributed by atoms with Crippen LogP contribution in [0.2, 0.25) is 0 Å². The minimum atomic E-state index is -0.120. The van der Waals surface area contributed by atoms with Gasteiger partial charge in [0.25, 0.3) is 5.56 Å². The first-order chi connectivity index (χ1) is 16.0. The Balaban J connectivity index is 1.16. The van der Waals surface area contributed by atoms with Crippen LogP contribution in [0.1, 0.15) is 25.0 Å². The van der Waals surface area contributed by atoms with Gasteiger partial charge in [-0.1, -0.05) is 12.1 Å². The molecule has 2 aliphatic heterocycles. The van der Waals surface area contributed by atoms with E-state index in [1.165, 1.54) is 6.92 Å². The Morgan fingerprint density at radius 1 is 1.06 bits per heavy atom. The summed E-state index contributed by atoms with van der Waals surface area (Å²) in [5, 5.41) is 6.80. The summed E-state index contributed by atoms with van der Waals surface area (Å²) in [6, 6.07) is 13.2. The molecule has 0 radical (unpaired) electrons. The van der Waals surface area contributed by atoms with E-state index >= 15 is 0 Å². The Kier molecular flexibility index (Phi) is 5.76. The number of nitrogens with one attached hydrogen (secondary N) is 2. The van der Waals surface area contributed by atoms with Gasteiger partial charge in [0.05, 0.1) is 11.2 Å². The molecule has 172 valence electrons. The summed E-state index contributed by atoms with van der Waals surface area (Å²) >= 11 is 0. The number of carbonyl (C=O) groups is 2. The molecule has 33 heavy (non-hydrogen) atoms. The fourth-order valence-corrected chi connectivity index (χ4v) is 5.40. The number of aromatic nitrogens is 2. The molecular formula is C25H29N5O3. The maximum atomic E-state index is 12.6. The number of anilines is 1. The predicted octanol–water partition coefficient (Wildman–Crippen LogP) is 2.00. The number of carbonyl (C=O) groups excluding carboxylic acids is 2. The summed E-state index contributed by atoms with van der Waals surface area (Å²) in [4.78, 5) is 38.6. The van der Waals surface area contributed by atoms with Gasteiger partial charge in [-0.05, 0) is 36.6 Å². The monoisotopic (exact) mass is 447 g/mol. The second kappa shape index (κ2) is 8.86. The summed E-state index contributed by atoms with van der Waals surface area (Å²) in [6.45, 7) is 5.78. The van der Waals surface area contributed by atoms with Crippen molar-refractivity contribution in [3.63, 3.8) is 0 Å². The third-order valence-electron chi connectivity index (χ3n) is 6.74. The fourth-order valence-electron chi connectivity index (χ4n) is 5.40. The van der Waals surface area contributed by atoms with E-state index in [0.717, 1.165) is 54.9 Å². The molecule has 0 saturated carbocycles. The number of likely N-dealkylation sites (tertiary alicyclic amines) is 1. The van der Waals surface area contributed by atoms with Crippen LogP contribution < -0.4 is 16.2 Å². The van der Waals surface area contributed by atoms with E-state index in [0.29, 0.717) is 18.4 Å². The van der Waals surface area contributed by atoms with Gasteiger partial charge in [0.1, 0.15) is 6.54 Å². The zero-order valence-electron chi connectivity index (χ0n) is 18.8. The van der Waals surface area contributed by atoms with E-state index in [9.17, 15) is 14.4 Å². The number of nitrogens with zero attached hydrogens (tertiary/aromatic N) is 3. The van der Waals surface area contributed by atoms with Gasteiger partial charge < -0.3 is 24.7 Å². The van der Waals surface area contributed by atoms with Crippen molar-refractivity contribution in [2.24, 2.45) is 5.92 Å². The van der Waals surface area contributed by atoms with Crippen molar-refractivity contribution in [1.82, 2.24) is 19.4 Å². The van der Waals surface area contributed by atoms with E-state index in [4.69, 9.17) is 0 Å². The van der Waals surface area contributed by atoms with Gasteiger partial charge >= 0.3 is 0 Å². The van der Waals surface area contributed by atoms with E-state index in [-0.39, 0.29) is 23.9 Å². The van der Waals surface area contributed by atoms with Crippen LogP contribution in [-0.4, -0.2) is 52.0 Å². The zero-order valence-corrected chi connectivity index (χ0v) is 18.8. The summed E-state index contributed by atoms with van der Waals surface area (Å²) in [5.74, 6) is 0.708. The lowest BCUT2D eigenvalue weighted by molar-refractivity contribution is -0.121. The van der Waals surface area contributed by atoms with Crippen LogP contribution in [0.15, 0.2) is 53.5 Å². The molecule has 2 aromatic heterocycles. The highest BCUT2D eigenvalue weighted by molar-refractivity contribution is 6.01. The first-order valence-electron chi connectivity index (χ1n) is 11.5. The molecule has 3 aromatic rings. The molecule has 2 aliphatic rings. The predicted molar refractivity (Wildman–Crippen MR) is 127 cm³/mol. The highest BCUT2D eigenvalue weighted by Crippen LogP contribution is 2.34. The van der Waals surface area contributed by atoms with Crippen LogP contribution in [0, 0.1) is 5.92 Å². The Morgan fingerprint density at radius 2 is 1.91 bits per heavy atom. The molecule has 4 heterocycles. The number of hydrogen-bond acceptors (Lipinski definition) is 4. The first kappa shape index (κ1) is 21.5. The molecule has 0 spiro atoms. The van der Waals surface area contributed by atoms with Crippen LogP contribution in [0.4, 0.5) is 5.69 Å². The van der Waals surface area contributed by atoms with Gasteiger partial charge in [-0.3, -0.25) is 14.4 Å². The Bertz CT molecular complexity index is 1260. The summed E-state index contributed by atoms with van der Waals surface area (Å²) in [7, 11) is 0. The molecule has 2 amide bonds. The normalized spacial score (nSPS) is 19.8. The van der Waals surface area contributed by atoms with Gasteiger partial charge in [0, 0.05) is 68.9 Å². The Labute approximate surface area is 192 Å². The highest BCUT2D eigenvalue weighted by Gasteiger charge is 2.34. The summed E-state index contributed by atoms with van der Waals surface area (Å²) < 4.78 is 3.84. The number of hydrogen-bond donors (Lipinski definition) is 2. The van der Waals surface area contributed by atoms with Crippen molar-refractivity contribution >= 4 is 28.4 Å². The molecule has 2 N–H and O–H groups in total. The van der Waals surface area contributed by atoms with Crippen molar-refractivity contribution in [2.75, 3.05) is 31.5 Å². The molecule has 5 rings (SSSR count). The molecule has 1 saturated heterocycles. The third kappa shape index (κ3) is 4.43. The van der Waals surface area contributed by atoms with Crippen LogP contribution in [0.25, 0.3) is 10.9 Å². The van der Waals surface area contributed by atoms with Crippen molar-refractivity contribution in [3.05, 3.63) is 64.7 Å². The maximum Gasteiger partial charge on any atom is 0.250 e. The molecule has 1 fully saturated rings. The zero-order chi connectivity index (χ0) is 22.9. The minimum absolute atomic E-state index is 0.0356. The van der Waals surface area contributed by atoms with E-state index < -0.39 is 0 Å². The molecule has 2 bridgehead atoms. The minimum Gasteiger partial charge on any atom is -0.353 e. The quantitative estimate of drug-likeness (QED) is 0.605. The van der Waals surface area contributed by atoms with Gasteiger partial charge in [-0.25, -0.2) is 0 Å². The van der Waals surface area contributed by atoms with E-state index in [2.05, 4.69) is 21.6 Å². The topological polar surface area (TPSA) is 88.4 Å². The molecule has 8 nitrogen and oxygen atoms in total. The van der Waals surface area contributed by atoms with Crippen molar-refractivity contribution in [2.45, 2.75) is 32.4 Å². The lowest BCUT2D eigenvalue weighted by Crippen LogP contribution is -2.48. The maximum absolute atomic E-state index is 12.6. The third-order valence-corrected chi connectivity index (χ3v) is 6.74. The van der Waals surface area contributed by atoms with Crippen LogP contribution in [0.3, 0.4) is 0 Å². The standard InChI is InChI=1S/C25H29N5O3/c1-17(31)27-21-4-2-6-23-20(21)8-10-29(23)16-24(32)26-9-11-28-13-18-12-19(15-28)22-5-3-7-25(33)30(22)14-18/h2-8,10,18-19H,9,11-16H2,1H3,(H,26,32)(H,27,31)/t18-,19+/m1/s1. The SMILES string of the molecule is CC(=O)Nc1cccc2c1ccn2CC(=O)NCCN1C[C@H]2C[C@@H](C1)c1cccc(=O)n1C2. The van der Waals surface area contributed by atoms with Crippen LogP contribution >= 0.6 is 0 Å². The molecule has 1 aromatic carbocycles. The number of pyridine rings is 1. The Hall–Kier alpha value is -3.39. The van der Waals surface area contributed by atoms with E-state index in [1.54, 1.807) is 6.07 Å². The molecule has 0 aliphatic carbocycles. The second-order valence-electron chi connectivity index (χ2n) is 9.17. The lowest BCUT2D eigenvalue weighted by atomic mass is 9.83. The van der Waals surface area contributed by atoms with Crippen molar-refractivity contribution in [1.29, 1.82) is 0 Å². The first-order valence-corrected chi connectivity index (χ1v) is 11.5. The number of piperidine rings is 1. The van der Waals surface area contributed by atoms with Gasteiger partial charge in [-0.2, -0.15) is 0 Å². The van der Waals surface area contributed by atoms with E-state index in [1.807, 2.05) is 45.7 Å². The number of benzene rings is 1. The number of amides is 2. The van der Waals surface area contributed by atoms with Crippen molar-refractivity contribution in [3.8, 4) is 0 Å². The molecule has 8 heteroatoms. The largest absolute Gasteiger partial charge is 0.353 e. The van der Waals surface area contributed by atoms with Crippen LogP contribution in [0.5, 0.6) is 0 Å². The smallest absolute Gasteiger partial charge is 0.250 e. The number of rotatable bonds is 6. The average molecular weight is 448 g/mol. The van der Waals surface area contributed by atoms with Gasteiger partial charge in [0.15, 0.2) is 0 Å². The highest BCUT2D eigenvalue weighted by atomic mass is 16.2. The van der Waals surface area contributed by atoms with Gasteiger partial charge in [-0.15, -0.1) is 0 Å². The average Bonchev–Trinajstić information content (AvgIpc) is 3.18. The second-order valence-corrected chi connectivity index (χ2v) is 9.17. The summed E-state index contributed by atoms with van der Waals surface area (Å²) in [6.07, 6.45) is 3.01. The fraction of sp³-hybridized carbons (Fsp3) is 0.400. The molecular weight excluding hydrogens is 418 g/mol. The van der Waals surface area contributed by atoms with Crippen LogP contribution in [-0.2, 0) is 22.7 Å². The molecule has 0 unspecified atom stereocenters. The number of fused-ring (bicyclic) bond motifs is 5.